The summed E-state index contributed by atoms with van der Waals surface area (Å²) >= 11 is 0. The zero-order valence-corrected chi connectivity index (χ0v) is 55.4. The highest BCUT2D eigenvalue weighted by Gasteiger charge is 2.34. The minimum absolute atomic E-state index is 0.101. The van der Waals surface area contributed by atoms with Crippen molar-refractivity contribution in [2.75, 3.05) is 179 Å². The first-order valence-corrected chi connectivity index (χ1v) is 33.5. The number of piperidine rings is 1. The molecule has 0 radical (unpaired) electrons. The van der Waals surface area contributed by atoms with Crippen molar-refractivity contribution in [3.63, 3.8) is 0 Å². The predicted molar refractivity (Wildman–Crippen MR) is 350 cm³/mol. The van der Waals surface area contributed by atoms with Crippen LogP contribution in [0, 0.1) is 5.92 Å². The van der Waals surface area contributed by atoms with Gasteiger partial charge in [-0.05, 0) is 88.8 Å². The molecular formula is C67H100N12O14. The SMILES string of the molecule is CCc1cnn2c(NCc3ccc(OCCOCCOCCOCCOCCOCCOCCOCCOCCN4C(=O)OCc5cnc(N[C@@H](C)c6ccc([C@H](CC7CC7)N7CCN(C(=O)OC(C)(C)C)CC7)cc6)nc54)nc3)cc(N3CCCC[C@H]3CCO)nc12. The number of rotatable bonds is 42. The van der Waals surface area contributed by atoms with Gasteiger partial charge in [0.25, 0.3) is 0 Å². The summed E-state index contributed by atoms with van der Waals surface area (Å²) < 4.78 is 63.9. The average Bonchev–Trinajstić information content (AvgIpc) is 1.76. The first-order chi connectivity index (χ1) is 45.4. The Morgan fingerprint density at radius 2 is 1.34 bits per heavy atom. The van der Waals surface area contributed by atoms with Gasteiger partial charge in [-0.3, -0.25) is 9.80 Å². The number of aliphatic hydroxyl groups is 1. The summed E-state index contributed by atoms with van der Waals surface area (Å²) in [7, 11) is 0. The number of ether oxygens (including phenoxy) is 11. The summed E-state index contributed by atoms with van der Waals surface area (Å²) in [6.45, 7) is 21.9. The molecule has 2 saturated heterocycles. The van der Waals surface area contributed by atoms with E-state index in [1.807, 2.05) is 48.5 Å². The lowest BCUT2D eigenvalue weighted by molar-refractivity contribution is -0.0235. The quantitative estimate of drug-likeness (QED) is 0.0312. The van der Waals surface area contributed by atoms with Gasteiger partial charge in [0, 0.05) is 88.0 Å². The minimum atomic E-state index is -0.513. The van der Waals surface area contributed by atoms with Crippen LogP contribution in [0.25, 0.3) is 5.65 Å². The number of amides is 2. The van der Waals surface area contributed by atoms with Crippen LogP contribution in [0.15, 0.2) is 61.1 Å². The first-order valence-electron chi connectivity index (χ1n) is 33.5. The van der Waals surface area contributed by atoms with Gasteiger partial charge >= 0.3 is 12.2 Å². The van der Waals surface area contributed by atoms with E-state index in [2.05, 4.69) is 79.7 Å². The Labute approximate surface area is 547 Å². The number of aromatic nitrogens is 6. The molecule has 512 valence electrons. The molecule has 0 spiro atoms. The van der Waals surface area contributed by atoms with E-state index >= 15 is 0 Å². The predicted octanol–water partition coefficient (Wildman–Crippen LogP) is 8.07. The summed E-state index contributed by atoms with van der Waals surface area (Å²) in [5.74, 6) is 3.96. The van der Waals surface area contributed by atoms with E-state index in [-0.39, 0.29) is 44.5 Å². The topological polar surface area (TPSA) is 262 Å². The molecular weight excluding hydrogens is 1200 g/mol. The van der Waals surface area contributed by atoms with Gasteiger partial charge in [-0.1, -0.05) is 50.1 Å². The second kappa shape index (κ2) is 37.5. The Bertz CT molecular complexity index is 3000. The number of hydrogen-bond donors (Lipinski definition) is 3. The number of nitrogens with zero attached hydrogens (tertiary/aromatic N) is 10. The zero-order chi connectivity index (χ0) is 65.0. The standard InChI is InChI=1S/C67H100N12O14/c1-6-53-48-71-79-59(44-60(73-63(53)79)77-19-8-7-9-57(77)18-25-80)68-45-52-12-17-61(69-46-52)91-42-41-90-40-39-89-38-37-88-36-35-87-34-33-86-32-31-85-30-29-84-28-27-83-26-24-78-62-56(49-92-66(78)82)47-70-64(74-62)72-50(2)54-13-15-55(16-14-54)58(43-51-10-11-51)75-20-22-76(23-21-75)65(81)93-67(3,4)5/h12-17,44,46-48,50-51,57-58,68,80H,6-11,18-43,45,49H2,1-5H3,(H,70,72,74)/t50-,57-,58-/m0/s1. The van der Waals surface area contributed by atoms with Crippen LogP contribution in [0.3, 0.4) is 0 Å². The molecule has 9 rings (SSSR count). The van der Waals surface area contributed by atoms with Crippen LogP contribution in [0.5, 0.6) is 5.88 Å². The van der Waals surface area contributed by atoms with Gasteiger partial charge in [0.2, 0.25) is 11.8 Å². The Hall–Kier alpha value is -6.59. The average molecular weight is 1300 g/mol. The number of nitrogens with one attached hydrogen (secondary N) is 2. The Kier molecular flexibility index (Phi) is 28.5. The molecule has 3 fully saturated rings. The van der Waals surface area contributed by atoms with Gasteiger partial charge in [-0.2, -0.15) is 14.6 Å². The summed E-state index contributed by atoms with van der Waals surface area (Å²) in [4.78, 5) is 52.7. The number of carbonyl (C=O) groups is 2. The van der Waals surface area contributed by atoms with Crippen LogP contribution in [0.4, 0.5) is 33.0 Å². The Morgan fingerprint density at radius 1 is 0.720 bits per heavy atom. The molecule has 5 aromatic rings. The van der Waals surface area contributed by atoms with Crippen molar-refractivity contribution in [1.29, 1.82) is 0 Å². The molecule has 1 saturated carbocycles. The maximum Gasteiger partial charge on any atom is 0.415 e. The van der Waals surface area contributed by atoms with E-state index in [1.165, 1.54) is 29.7 Å². The van der Waals surface area contributed by atoms with Gasteiger partial charge in [-0.25, -0.2) is 24.5 Å². The lowest BCUT2D eigenvalue weighted by atomic mass is 9.96. The fourth-order valence-electron chi connectivity index (χ4n) is 11.4. The third-order valence-corrected chi connectivity index (χ3v) is 16.6. The van der Waals surface area contributed by atoms with E-state index in [0.717, 1.165) is 97.2 Å². The number of fused-ring (bicyclic) bond motifs is 2. The molecule has 7 heterocycles. The van der Waals surface area contributed by atoms with Crippen LogP contribution < -0.4 is 25.2 Å². The summed E-state index contributed by atoms with van der Waals surface area (Å²) in [6, 6.07) is 15.2. The summed E-state index contributed by atoms with van der Waals surface area (Å²) in [5, 5.41) is 21.3. The smallest absolute Gasteiger partial charge is 0.415 e. The maximum absolute atomic E-state index is 12.9. The number of benzene rings is 1. The van der Waals surface area contributed by atoms with Crippen molar-refractivity contribution in [2.45, 2.75) is 123 Å². The lowest BCUT2D eigenvalue weighted by Gasteiger charge is -2.40. The number of piperazine rings is 1. The highest BCUT2D eigenvalue weighted by molar-refractivity contribution is 5.89. The number of pyridine rings is 1. The van der Waals surface area contributed by atoms with Gasteiger partial charge in [-0.15, -0.1) is 0 Å². The molecule has 3 N–H and O–H groups in total. The van der Waals surface area contributed by atoms with Crippen LogP contribution in [-0.4, -0.2) is 226 Å². The van der Waals surface area contributed by atoms with Crippen molar-refractivity contribution in [3.05, 3.63) is 88.9 Å². The summed E-state index contributed by atoms with van der Waals surface area (Å²) in [5.41, 5.74) is 5.53. The summed E-state index contributed by atoms with van der Waals surface area (Å²) in [6.07, 6.45) is 13.2. The molecule has 3 aliphatic heterocycles. The number of hydrogen-bond acceptors (Lipinski definition) is 23. The molecule has 93 heavy (non-hydrogen) atoms. The maximum atomic E-state index is 12.9. The fourth-order valence-corrected chi connectivity index (χ4v) is 11.4. The van der Waals surface area contributed by atoms with E-state index in [1.54, 1.807) is 12.4 Å². The molecule has 4 aliphatic rings. The lowest BCUT2D eigenvalue weighted by Crippen LogP contribution is -2.50. The number of aliphatic hydroxyl groups excluding tert-OH is 1. The number of anilines is 4. The Morgan fingerprint density at radius 3 is 1.94 bits per heavy atom. The molecule has 1 aliphatic carbocycles. The third-order valence-electron chi connectivity index (χ3n) is 16.6. The molecule has 26 nitrogen and oxygen atoms in total. The first kappa shape index (κ1) is 70.7. The van der Waals surface area contributed by atoms with Crippen molar-refractivity contribution in [2.24, 2.45) is 5.92 Å². The molecule has 3 atom stereocenters. The fraction of sp³-hybridized carbons (Fsp3) is 0.657. The van der Waals surface area contributed by atoms with Gasteiger partial charge in [0.05, 0.1) is 130 Å². The highest BCUT2D eigenvalue weighted by atomic mass is 16.6. The second-order valence-electron chi connectivity index (χ2n) is 24.7. The third kappa shape index (κ3) is 22.8. The van der Waals surface area contributed by atoms with Crippen LogP contribution in [0.2, 0.25) is 0 Å². The van der Waals surface area contributed by atoms with Crippen molar-refractivity contribution < 1.29 is 66.8 Å². The van der Waals surface area contributed by atoms with Crippen LogP contribution in [-0.2, 0) is 66.9 Å². The van der Waals surface area contributed by atoms with Crippen molar-refractivity contribution in [3.8, 4) is 5.88 Å². The molecule has 0 bridgehead atoms. The molecule has 4 aromatic heterocycles. The van der Waals surface area contributed by atoms with Crippen molar-refractivity contribution >= 4 is 41.2 Å². The van der Waals surface area contributed by atoms with Crippen molar-refractivity contribution in [1.82, 2.24) is 39.3 Å². The van der Waals surface area contributed by atoms with Crippen LogP contribution in [0.1, 0.15) is 119 Å². The number of cyclic esters (lactones) is 1. The van der Waals surface area contributed by atoms with Gasteiger partial charge < -0.3 is 77.6 Å². The molecule has 26 heteroatoms. The van der Waals surface area contributed by atoms with Crippen LogP contribution >= 0.6 is 0 Å². The molecule has 2 amide bonds. The normalized spacial score (nSPS) is 16.9. The van der Waals surface area contributed by atoms with E-state index < -0.39 is 11.7 Å². The molecule has 0 unspecified atom stereocenters. The molecule has 1 aromatic carbocycles. The van der Waals surface area contributed by atoms with Gasteiger partial charge in [0.1, 0.15) is 36.3 Å². The van der Waals surface area contributed by atoms with E-state index in [0.29, 0.717) is 149 Å². The Balaban J connectivity index is 0.532. The minimum Gasteiger partial charge on any atom is -0.475 e. The zero-order valence-electron chi connectivity index (χ0n) is 55.4. The number of aryl methyl sites for hydroxylation is 1. The van der Waals surface area contributed by atoms with Gasteiger partial charge in [0.15, 0.2) is 5.65 Å². The largest absolute Gasteiger partial charge is 0.475 e. The second-order valence-corrected chi connectivity index (χ2v) is 24.7. The van der Waals surface area contributed by atoms with E-state index in [4.69, 9.17) is 62.1 Å². The highest BCUT2D eigenvalue weighted by Crippen LogP contribution is 2.41. The monoisotopic (exact) mass is 1300 g/mol. The van der Waals surface area contributed by atoms with E-state index in [9.17, 15) is 14.7 Å². The number of carbonyl (C=O) groups excluding carboxylic acids is 2.